The number of cyclic esters (lactones) is 1. The Bertz CT molecular complexity index is 1330. The molecule has 3 atom stereocenters. The van der Waals surface area contributed by atoms with Gasteiger partial charge in [0.25, 0.3) is 0 Å². The summed E-state index contributed by atoms with van der Waals surface area (Å²) in [7, 11) is 1.74. The number of carbonyl (C=O) groups excluding carboxylic acids is 2. The molecule has 3 aromatic rings. The minimum Gasteiger partial charge on any atom is -0.449 e. The molecule has 6 rings (SSSR count). The highest BCUT2D eigenvalue weighted by Gasteiger charge is 2.60. The number of imidazole rings is 1. The number of rotatable bonds is 4. The van der Waals surface area contributed by atoms with Crippen LogP contribution in [0, 0.1) is 24.2 Å². The van der Waals surface area contributed by atoms with Crippen molar-refractivity contribution in [1.29, 1.82) is 0 Å². The fourth-order valence-electron chi connectivity index (χ4n) is 5.94. The lowest BCUT2D eigenvalue weighted by atomic mass is 9.87. The maximum absolute atomic E-state index is 12.9. The van der Waals surface area contributed by atoms with Crippen LogP contribution in [0.4, 0.5) is 10.5 Å². The van der Waals surface area contributed by atoms with Gasteiger partial charge in [0.1, 0.15) is 12.2 Å². The lowest BCUT2D eigenvalue weighted by molar-refractivity contribution is -0.119. The van der Waals surface area contributed by atoms with Crippen LogP contribution in [0.3, 0.4) is 0 Å². The van der Waals surface area contributed by atoms with E-state index < -0.39 is 6.09 Å². The summed E-state index contributed by atoms with van der Waals surface area (Å²) in [6, 6.07) is 3.94. The summed E-state index contributed by atoms with van der Waals surface area (Å²) in [4.78, 5) is 36.2. The molecule has 0 unspecified atom stereocenters. The van der Waals surface area contributed by atoms with Crippen LogP contribution in [0.2, 0.25) is 0 Å². The van der Waals surface area contributed by atoms with E-state index in [1.54, 1.807) is 11.9 Å². The van der Waals surface area contributed by atoms with E-state index in [4.69, 9.17) is 9.72 Å². The number of hydrogen-bond donors (Lipinski definition) is 2. The number of aromatic amines is 2. The molecule has 2 N–H and O–H groups in total. The van der Waals surface area contributed by atoms with E-state index in [0.717, 1.165) is 59.0 Å². The molecule has 3 aliphatic rings. The first-order chi connectivity index (χ1) is 16.3. The zero-order valence-electron chi connectivity index (χ0n) is 20.1. The number of ether oxygens (including phenoxy) is 1. The molecule has 0 bridgehead atoms. The number of nitrogens with one attached hydrogen (secondary N) is 2. The molecule has 3 heterocycles. The van der Waals surface area contributed by atoms with E-state index in [9.17, 15) is 9.59 Å². The van der Waals surface area contributed by atoms with Gasteiger partial charge in [-0.25, -0.2) is 9.78 Å². The number of benzene rings is 1. The van der Waals surface area contributed by atoms with Gasteiger partial charge < -0.3 is 14.6 Å². The topological polar surface area (TPSA) is 107 Å². The highest BCUT2D eigenvalue weighted by Crippen LogP contribution is 2.64. The van der Waals surface area contributed by atoms with Crippen LogP contribution >= 0.6 is 0 Å². The average molecular weight is 463 g/mol. The number of amides is 2. The van der Waals surface area contributed by atoms with Gasteiger partial charge in [0.15, 0.2) is 5.82 Å². The minimum absolute atomic E-state index is 0.00104. The Hall–Kier alpha value is -3.36. The Labute approximate surface area is 197 Å². The third kappa shape index (κ3) is 3.13. The van der Waals surface area contributed by atoms with Crippen LogP contribution in [-0.4, -0.2) is 63.8 Å². The van der Waals surface area contributed by atoms with Crippen LogP contribution in [0.15, 0.2) is 12.1 Å². The van der Waals surface area contributed by atoms with E-state index in [1.807, 2.05) is 19.1 Å². The Kier molecular flexibility index (Phi) is 4.56. The zero-order valence-corrected chi connectivity index (χ0v) is 20.1. The number of aryl methyl sites for hydroxylation is 1. The summed E-state index contributed by atoms with van der Waals surface area (Å²) < 4.78 is 5.05. The number of nitrogens with zero attached hydrogens (tertiary/aromatic N) is 4. The van der Waals surface area contributed by atoms with Crippen LogP contribution in [0.1, 0.15) is 37.1 Å². The fourth-order valence-corrected chi connectivity index (χ4v) is 5.94. The Morgan fingerprint density at radius 1 is 1.38 bits per heavy atom. The van der Waals surface area contributed by atoms with E-state index in [0.29, 0.717) is 24.5 Å². The third-order valence-electron chi connectivity index (χ3n) is 8.46. The predicted octanol–water partition coefficient (Wildman–Crippen LogP) is 3.44. The van der Waals surface area contributed by atoms with Gasteiger partial charge in [-0.05, 0) is 61.1 Å². The fraction of sp³-hybridized carbons (Fsp3) is 0.520. The molecule has 2 fully saturated rings. The number of likely N-dealkylation sites (N-methyl/N-ethyl adjacent to an activating group) is 1. The first kappa shape index (κ1) is 21.2. The number of aromatic nitrogens is 4. The van der Waals surface area contributed by atoms with Crippen molar-refractivity contribution in [2.45, 2.75) is 40.0 Å². The summed E-state index contributed by atoms with van der Waals surface area (Å²) in [6.07, 6.45) is 2.39. The summed E-state index contributed by atoms with van der Waals surface area (Å²) in [5.41, 5.74) is 7.23. The van der Waals surface area contributed by atoms with Crippen LogP contribution < -0.4 is 4.90 Å². The Morgan fingerprint density at radius 2 is 2.21 bits per heavy atom. The normalized spacial score (nSPS) is 25.6. The quantitative estimate of drug-likeness (QED) is 0.618. The lowest BCUT2D eigenvalue weighted by Crippen LogP contribution is -2.45. The number of hydrogen-bond acceptors (Lipinski definition) is 5. The zero-order chi connectivity index (χ0) is 23.8. The monoisotopic (exact) mass is 462 g/mol. The van der Waals surface area contributed by atoms with Crippen molar-refractivity contribution in [2.75, 3.05) is 31.6 Å². The molecule has 0 spiro atoms. The second kappa shape index (κ2) is 7.32. The predicted molar refractivity (Wildman–Crippen MR) is 128 cm³/mol. The van der Waals surface area contributed by atoms with Gasteiger partial charge in [0, 0.05) is 30.5 Å². The van der Waals surface area contributed by atoms with Crippen LogP contribution in [-0.2, 0) is 22.4 Å². The second-order valence-corrected chi connectivity index (χ2v) is 10.4. The van der Waals surface area contributed by atoms with Crippen molar-refractivity contribution in [3.05, 3.63) is 29.0 Å². The summed E-state index contributed by atoms with van der Waals surface area (Å²) in [5, 5.41) is 7.89. The molecule has 2 aromatic heterocycles. The average Bonchev–Trinajstić information content (AvgIpc) is 3.15. The van der Waals surface area contributed by atoms with Crippen molar-refractivity contribution in [3.8, 4) is 11.5 Å². The van der Waals surface area contributed by atoms with E-state index in [-0.39, 0.29) is 12.5 Å². The van der Waals surface area contributed by atoms with Crippen molar-refractivity contribution < 1.29 is 14.3 Å². The molecule has 1 saturated carbocycles. The van der Waals surface area contributed by atoms with Gasteiger partial charge in [-0.1, -0.05) is 13.8 Å². The molecular formula is C25H30N6O3. The van der Waals surface area contributed by atoms with E-state index >= 15 is 0 Å². The van der Waals surface area contributed by atoms with Gasteiger partial charge in [-0.2, -0.15) is 5.10 Å². The van der Waals surface area contributed by atoms with Crippen molar-refractivity contribution in [3.63, 3.8) is 0 Å². The molecule has 1 saturated heterocycles. The first-order valence-electron chi connectivity index (χ1n) is 12.0. The molecule has 34 heavy (non-hydrogen) atoms. The molecule has 2 aliphatic carbocycles. The van der Waals surface area contributed by atoms with Gasteiger partial charge in [-0.3, -0.25) is 14.8 Å². The van der Waals surface area contributed by atoms with Crippen LogP contribution in [0.5, 0.6) is 0 Å². The van der Waals surface area contributed by atoms with Gasteiger partial charge in [0.2, 0.25) is 5.91 Å². The maximum Gasteiger partial charge on any atom is 0.410 e. The van der Waals surface area contributed by atoms with Gasteiger partial charge in [-0.15, -0.1) is 0 Å². The molecular weight excluding hydrogens is 432 g/mol. The Balaban J connectivity index is 1.27. The summed E-state index contributed by atoms with van der Waals surface area (Å²) in [6.45, 7) is 7.64. The SMILES string of the molecule is Cc1cc2nc(-c3n[nH]c4c3C[C@@H]3[C@H](C)[C@]3(C)C4)[nH]c2cc1N(C)C(=O)CN1CCCOC1=O. The van der Waals surface area contributed by atoms with Crippen molar-refractivity contribution in [1.82, 2.24) is 25.1 Å². The standard InChI is InChI=1S/C25H30N6O3/c1-13-8-17-18(10-20(13)30(4)21(32)12-31-6-5-7-34-24(31)33)27-23(26-17)22-15-9-16-14(2)25(16,3)11-19(15)28-29-22/h8,10,14,16H,5-7,9,11-12H2,1-4H3,(H,26,27)(H,28,29)/t14-,16+,25-/m0/s1. The highest BCUT2D eigenvalue weighted by atomic mass is 16.6. The summed E-state index contributed by atoms with van der Waals surface area (Å²) in [5.74, 6) is 2.04. The molecule has 1 aromatic carbocycles. The highest BCUT2D eigenvalue weighted by molar-refractivity contribution is 5.98. The smallest absolute Gasteiger partial charge is 0.410 e. The first-order valence-corrected chi connectivity index (χ1v) is 12.0. The molecule has 9 heteroatoms. The molecule has 2 amide bonds. The van der Waals surface area contributed by atoms with Crippen LogP contribution in [0.25, 0.3) is 22.6 Å². The van der Waals surface area contributed by atoms with Gasteiger partial charge in [0.05, 0.1) is 17.6 Å². The molecule has 1 aliphatic heterocycles. The second-order valence-electron chi connectivity index (χ2n) is 10.4. The Morgan fingerprint density at radius 3 is 3.00 bits per heavy atom. The van der Waals surface area contributed by atoms with E-state index in [2.05, 4.69) is 29.0 Å². The molecule has 9 nitrogen and oxygen atoms in total. The van der Waals surface area contributed by atoms with Crippen molar-refractivity contribution >= 4 is 28.7 Å². The lowest BCUT2D eigenvalue weighted by Gasteiger charge is -2.28. The third-order valence-corrected chi connectivity index (χ3v) is 8.46. The molecule has 178 valence electrons. The van der Waals surface area contributed by atoms with E-state index in [1.165, 1.54) is 16.2 Å². The van der Waals surface area contributed by atoms with Gasteiger partial charge >= 0.3 is 6.09 Å². The number of anilines is 1. The number of H-pyrrole nitrogens is 2. The number of carbonyl (C=O) groups is 2. The summed E-state index contributed by atoms with van der Waals surface area (Å²) >= 11 is 0. The maximum atomic E-state index is 12.9. The largest absolute Gasteiger partial charge is 0.449 e. The molecule has 0 radical (unpaired) electrons. The number of fused-ring (bicyclic) bond motifs is 3. The minimum atomic E-state index is -0.429. The van der Waals surface area contributed by atoms with Crippen molar-refractivity contribution in [2.24, 2.45) is 17.3 Å².